The summed E-state index contributed by atoms with van der Waals surface area (Å²) in [7, 11) is 0. The molecule has 2 N–H and O–H groups in total. The second-order valence-electron chi connectivity index (χ2n) is 5.42. The zero-order valence-corrected chi connectivity index (χ0v) is 14.0. The van der Waals surface area contributed by atoms with Gasteiger partial charge in [-0.1, -0.05) is 29.3 Å². The van der Waals surface area contributed by atoms with Crippen LogP contribution in [0.15, 0.2) is 35.0 Å². The van der Waals surface area contributed by atoms with Crippen LogP contribution < -0.4 is 5.73 Å². The molecule has 1 fully saturated rings. The van der Waals surface area contributed by atoms with Gasteiger partial charge in [0.05, 0.1) is 6.04 Å². The summed E-state index contributed by atoms with van der Waals surface area (Å²) in [6.45, 7) is 1.42. The van der Waals surface area contributed by atoms with Crippen LogP contribution in [0.2, 0.25) is 10.0 Å². The van der Waals surface area contributed by atoms with Gasteiger partial charge in [-0.3, -0.25) is 4.90 Å². The Morgan fingerprint density at radius 2 is 1.95 bits per heavy atom. The average molecular weight is 341 g/mol. The normalized spacial score (nSPS) is 16.4. The highest BCUT2D eigenvalue weighted by Gasteiger charge is 2.35. The number of halogens is 2. The van der Waals surface area contributed by atoms with Crippen molar-refractivity contribution in [3.05, 3.63) is 56.2 Å². The van der Waals surface area contributed by atoms with Gasteiger partial charge in [-0.25, -0.2) is 0 Å². The summed E-state index contributed by atoms with van der Waals surface area (Å²) in [6.07, 6.45) is 2.45. The predicted octanol–water partition coefficient (Wildman–Crippen LogP) is 4.72. The molecule has 1 aromatic carbocycles. The van der Waals surface area contributed by atoms with Crippen LogP contribution in [-0.4, -0.2) is 17.5 Å². The van der Waals surface area contributed by atoms with Gasteiger partial charge in [0.2, 0.25) is 0 Å². The average Bonchev–Trinajstić information content (AvgIpc) is 3.18. The van der Waals surface area contributed by atoms with E-state index in [0.717, 1.165) is 12.1 Å². The molecule has 1 heterocycles. The topological polar surface area (TPSA) is 29.3 Å². The lowest BCUT2D eigenvalue weighted by Crippen LogP contribution is -2.35. The van der Waals surface area contributed by atoms with Crippen molar-refractivity contribution in [3.8, 4) is 0 Å². The summed E-state index contributed by atoms with van der Waals surface area (Å²) >= 11 is 14.5. The molecule has 0 saturated heterocycles. The number of benzene rings is 1. The van der Waals surface area contributed by atoms with E-state index in [2.05, 4.69) is 21.7 Å². The summed E-state index contributed by atoms with van der Waals surface area (Å²) in [4.78, 5) is 2.45. The molecule has 1 saturated carbocycles. The van der Waals surface area contributed by atoms with E-state index < -0.39 is 0 Å². The number of thiophene rings is 1. The lowest BCUT2D eigenvalue weighted by molar-refractivity contribution is 0.182. The van der Waals surface area contributed by atoms with Gasteiger partial charge in [-0.2, -0.15) is 11.3 Å². The zero-order chi connectivity index (χ0) is 14.8. The second-order valence-corrected chi connectivity index (χ2v) is 7.02. The maximum Gasteiger partial charge on any atom is 0.0506 e. The molecule has 0 amide bonds. The van der Waals surface area contributed by atoms with E-state index in [-0.39, 0.29) is 6.04 Å². The van der Waals surface area contributed by atoms with E-state index in [1.165, 1.54) is 18.4 Å². The molecular formula is C16H18Cl2N2S. The maximum absolute atomic E-state index is 6.39. The van der Waals surface area contributed by atoms with Crippen LogP contribution in [0.25, 0.3) is 0 Å². The fraction of sp³-hybridized carbons (Fsp3) is 0.375. The van der Waals surface area contributed by atoms with Crippen molar-refractivity contribution < 1.29 is 0 Å². The van der Waals surface area contributed by atoms with Gasteiger partial charge >= 0.3 is 0 Å². The molecule has 2 nitrogen and oxygen atoms in total. The second kappa shape index (κ2) is 6.67. The molecule has 5 heteroatoms. The molecule has 112 valence electrons. The molecule has 21 heavy (non-hydrogen) atoms. The van der Waals surface area contributed by atoms with Crippen LogP contribution >= 0.6 is 34.5 Å². The van der Waals surface area contributed by atoms with E-state index in [9.17, 15) is 0 Å². The minimum atomic E-state index is 0.0681. The zero-order valence-electron chi connectivity index (χ0n) is 11.6. The molecule has 1 aliphatic carbocycles. The minimum absolute atomic E-state index is 0.0681. The fourth-order valence-corrected chi connectivity index (χ4v) is 4.05. The molecule has 0 spiro atoms. The van der Waals surface area contributed by atoms with Crippen molar-refractivity contribution in [2.75, 3.05) is 6.54 Å². The lowest BCUT2D eigenvalue weighted by Gasteiger charge is -2.32. The van der Waals surface area contributed by atoms with Gasteiger partial charge in [0.25, 0.3) is 0 Å². The molecule has 1 atom stereocenters. The Balaban J connectivity index is 1.92. The molecule has 3 rings (SSSR count). The molecule has 0 radical (unpaired) electrons. The van der Waals surface area contributed by atoms with Gasteiger partial charge in [0, 0.05) is 34.7 Å². The third-order valence-electron chi connectivity index (χ3n) is 3.92. The number of rotatable bonds is 6. The number of nitrogens with zero attached hydrogens (tertiary/aromatic N) is 1. The molecule has 1 unspecified atom stereocenters. The Labute approximate surface area is 139 Å². The van der Waals surface area contributed by atoms with Crippen LogP contribution in [0.1, 0.15) is 30.0 Å². The van der Waals surface area contributed by atoms with Crippen molar-refractivity contribution >= 4 is 34.5 Å². The Morgan fingerprint density at radius 3 is 2.48 bits per heavy atom. The number of nitrogens with two attached hydrogens (primary N) is 1. The first-order valence-electron chi connectivity index (χ1n) is 7.11. The fourth-order valence-electron chi connectivity index (χ4n) is 2.74. The summed E-state index contributed by atoms with van der Waals surface area (Å²) in [6, 6.07) is 8.48. The van der Waals surface area contributed by atoms with Crippen LogP contribution in [0.4, 0.5) is 0 Å². The SMILES string of the molecule is NCC(c1c(Cl)cccc1Cl)N(Cc1ccsc1)C1CC1. The number of hydrogen-bond acceptors (Lipinski definition) is 3. The molecule has 2 aromatic rings. The summed E-state index contributed by atoms with van der Waals surface area (Å²) < 4.78 is 0. The highest BCUT2D eigenvalue weighted by molar-refractivity contribution is 7.07. The van der Waals surface area contributed by atoms with Crippen molar-refractivity contribution in [2.45, 2.75) is 31.5 Å². The van der Waals surface area contributed by atoms with Crippen LogP contribution in [0.5, 0.6) is 0 Å². The van der Waals surface area contributed by atoms with Crippen molar-refractivity contribution in [3.63, 3.8) is 0 Å². The van der Waals surface area contributed by atoms with E-state index in [1.807, 2.05) is 18.2 Å². The predicted molar refractivity (Wildman–Crippen MR) is 91.1 cm³/mol. The Hall–Kier alpha value is -0.580. The van der Waals surface area contributed by atoms with Gasteiger partial charge in [0.1, 0.15) is 0 Å². The first-order chi connectivity index (χ1) is 10.2. The van der Waals surface area contributed by atoms with E-state index >= 15 is 0 Å². The van der Waals surface area contributed by atoms with E-state index in [0.29, 0.717) is 22.6 Å². The smallest absolute Gasteiger partial charge is 0.0506 e. The van der Waals surface area contributed by atoms with Gasteiger partial charge in [-0.05, 0) is 47.4 Å². The first-order valence-corrected chi connectivity index (χ1v) is 8.81. The Bertz CT molecular complexity index is 576. The van der Waals surface area contributed by atoms with Crippen molar-refractivity contribution in [2.24, 2.45) is 5.73 Å². The summed E-state index contributed by atoms with van der Waals surface area (Å²) in [5, 5.41) is 5.71. The van der Waals surface area contributed by atoms with Crippen molar-refractivity contribution in [1.82, 2.24) is 4.90 Å². The highest BCUT2D eigenvalue weighted by Crippen LogP contribution is 2.40. The maximum atomic E-state index is 6.39. The molecule has 1 aromatic heterocycles. The van der Waals surface area contributed by atoms with Gasteiger partial charge in [0.15, 0.2) is 0 Å². The standard InChI is InChI=1S/C16H18Cl2N2S/c17-13-2-1-3-14(18)16(13)15(8-19)20(12-4-5-12)9-11-6-7-21-10-11/h1-3,6-7,10,12,15H,4-5,8-9,19H2. The third kappa shape index (κ3) is 3.43. The van der Waals surface area contributed by atoms with Crippen LogP contribution in [0, 0.1) is 0 Å². The van der Waals surface area contributed by atoms with E-state index in [4.69, 9.17) is 28.9 Å². The van der Waals surface area contributed by atoms with Crippen LogP contribution in [0.3, 0.4) is 0 Å². The summed E-state index contributed by atoms with van der Waals surface area (Å²) in [5.41, 5.74) is 8.37. The largest absolute Gasteiger partial charge is 0.329 e. The third-order valence-corrected chi connectivity index (χ3v) is 5.31. The quantitative estimate of drug-likeness (QED) is 0.824. The molecule has 1 aliphatic rings. The minimum Gasteiger partial charge on any atom is -0.329 e. The summed E-state index contributed by atoms with van der Waals surface area (Å²) in [5.74, 6) is 0. The Morgan fingerprint density at radius 1 is 1.24 bits per heavy atom. The van der Waals surface area contributed by atoms with Gasteiger partial charge < -0.3 is 5.73 Å². The van der Waals surface area contributed by atoms with Crippen LogP contribution in [-0.2, 0) is 6.54 Å². The molecule has 0 aliphatic heterocycles. The first kappa shape index (κ1) is 15.3. The van der Waals surface area contributed by atoms with E-state index in [1.54, 1.807) is 11.3 Å². The lowest BCUT2D eigenvalue weighted by atomic mass is 10.0. The van der Waals surface area contributed by atoms with Crippen molar-refractivity contribution in [1.29, 1.82) is 0 Å². The highest BCUT2D eigenvalue weighted by atomic mass is 35.5. The molecule has 0 bridgehead atoms. The molecular weight excluding hydrogens is 323 g/mol. The van der Waals surface area contributed by atoms with Gasteiger partial charge in [-0.15, -0.1) is 0 Å². The number of hydrogen-bond donors (Lipinski definition) is 1. The Kier molecular flexibility index (Phi) is 4.87. The monoisotopic (exact) mass is 340 g/mol.